The molecule has 3 heteroatoms. The molecule has 0 atom stereocenters. The highest BCUT2D eigenvalue weighted by molar-refractivity contribution is 9.10. The number of carbonyl (C=O) groups is 1. The van der Waals surface area contributed by atoms with Crippen LogP contribution in [0.1, 0.15) is 28.6 Å². The minimum Gasteiger partial charge on any atom is -0.460 e. The first kappa shape index (κ1) is 11.1. The summed E-state index contributed by atoms with van der Waals surface area (Å²) < 4.78 is 5.83. The molecular formula is C13H11BrO2. The predicted octanol–water partition coefficient (Wildman–Crippen LogP) is 3.84. The van der Waals surface area contributed by atoms with Crippen molar-refractivity contribution in [1.29, 1.82) is 0 Å². The van der Waals surface area contributed by atoms with E-state index in [4.69, 9.17) is 4.42 Å². The van der Waals surface area contributed by atoms with Crippen LogP contribution >= 0.6 is 15.9 Å². The Hall–Kier alpha value is -1.35. The zero-order chi connectivity index (χ0) is 11.5. The van der Waals surface area contributed by atoms with Gasteiger partial charge in [0, 0.05) is 5.56 Å². The third-order valence-corrected chi connectivity index (χ3v) is 3.07. The fraction of sp³-hybridized carbons (Fsp3) is 0.154. The fourth-order valence-corrected chi connectivity index (χ4v) is 1.86. The normalized spacial score (nSPS) is 10.4. The Morgan fingerprint density at radius 3 is 2.44 bits per heavy atom. The van der Waals surface area contributed by atoms with E-state index in [2.05, 4.69) is 22.9 Å². The van der Waals surface area contributed by atoms with Gasteiger partial charge in [-0.2, -0.15) is 0 Å². The molecule has 2 aromatic rings. The standard InChI is InChI=1S/C13H11BrO2/c1-2-9-3-5-10(6-4-9)12(15)13-11(14)7-8-16-13/h3-8H,2H2,1H3. The number of furan rings is 1. The quantitative estimate of drug-likeness (QED) is 0.799. The molecular weight excluding hydrogens is 268 g/mol. The van der Waals surface area contributed by atoms with E-state index in [1.807, 2.05) is 24.3 Å². The third-order valence-electron chi connectivity index (χ3n) is 2.45. The van der Waals surface area contributed by atoms with Gasteiger partial charge in [-0.25, -0.2) is 0 Å². The van der Waals surface area contributed by atoms with Crippen molar-refractivity contribution in [3.63, 3.8) is 0 Å². The summed E-state index contributed by atoms with van der Waals surface area (Å²) in [6.45, 7) is 2.08. The third kappa shape index (κ3) is 2.09. The van der Waals surface area contributed by atoms with Crippen LogP contribution in [0.2, 0.25) is 0 Å². The molecule has 82 valence electrons. The van der Waals surface area contributed by atoms with Crippen molar-refractivity contribution in [1.82, 2.24) is 0 Å². The predicted molar refractivity (Wildman–Crippen MR) is 65.7 cm³/mol. The average Bonchev–Trinajstić information content (AvgIpc) is 2.75. The molecule has 0 amide bonds. The monoisotopic (exact) mass is 278 g/mol. The molecule has 0 saturated carbocycles. The van der Waals surface area contributed by atoms with Gasteiger partial charge < -0.3 is 4.42 Å². The molecule has 16 heavy (non-hydrogen) atoms. The Morgan fingerprint density at radius 2 is 1.94 bits per heavy atom. The molecule has 0 fully saturated rings. The lowest BCUT2D eigenvalue weighted by Crippen LogP contribution is -2.00. The maximum Gasteiger partial charge on any atom is 0.229 e. The van der Waals surface area contributed by atoms with Crippen LogP contribution in [0.4, 0.5) is 0 Å². The van der Waals surface area contributed by atoms with E-state index in [-0.39, 0.29) is 5.78 Å². The Labute approximate surface area is 102 Å². The summed E-state index contributed by atoms with van der Waals surface area (Å²) in [6, 6.07) is 9.30. The van der Waals surface area contributed by atoms with Crippen LogP contribution in [0.25, 0.3) is 0 Å². The van der Waals surface area contributed by atoms with E-state index in [0.717, 1.165) is 6.42 Å². The number of carbonyl (C=O) groups excluding carboxylic acids is 1. The molecule has 2 nitrogen and oxygen atoms in total. The Bertz CT molecular complexity index is 497. The molecule has 1 aromatic heterocycles. The van der Waals surface area contributed by atoms with Crippen molar-refractivity contribution in [2.45, 2.75) is 13.3 Å². The number of benzene rings is 1. The van der Waals surface area contributed by atoms with Gasteiger partial charge in [-0.3, -0.25) is 4.79 Å². The van der Waals surface area contributed by atoms with Gasteiger partial charge in [0.2, 0.25) is 5.78 Å². The van der Waals surface area contributed by atoms with E-state index in [9.17, 15) is 4.79 Å². The van der Waals surface area contributed by atoms with E-state index in [1.165, 1.54) is 11.8 Å². The molecule has 0 radical (unpaired) electrons. The van der Waals surface area contributed by atoms with Gasteiger partial charge in [-0.05, 0) is 34.0 Å². The maximum absolute atomic E-state index is 12.0. The molecule has 1 heterocycles. The number of hydrogen-bond donors (Lipinski definition) is 0. The lowest BCUT2D eigenvalue weighted by molar-refractivity contribution is 0.101. The highest BCUT2D eigenvalue weighted by Gasteiger charge is 2.15. The first-order chi connectivity index (χ1) is 7.72. The Kier molecular flexibility index (Phi) is 3.25. The van der Waals surface area contributed by atoms with E-state index < -0.39 is 0 Å². The molecule has 1 aromatic carbocycles. The van der Waals surface area contributed by atoms with Crippen LogP contribution < -0.4 is 0 Å². The van der Waals surface area contributed by atoms with Gasteiger partial charge in [0.1, 0.15) is 0 Å². The average molecular weight is 279 g/mol. The van der Waals surface area contributed by atoms with Crippen molar-refractivity contribution in [3.05, 3.63) is 58.0 Å². The van der Waals surface area contributed by atoms with Crippen LogP contribution in [0, 0.1) is 0 Å². The second-order valence-electron chi connectivity index (χ2n) is 3.48. The van der Waals surface area contributed by atoms with Gasteiger partial charge in [0.25, 0.3) is 0 Å². The molecule has 0 unspecified atom stereocenters. The lowest BCUT2D eigenvalue weighted by Gasteiger charge is -2.00. The number of halogens is 1. The maximum atomic E-state index is 12.0. The molecule has 0 aliphatic rings. The number of ketones is 1. The van der Waals surface area contributed by atoms with Gasteiger partial charge >= 0.3 is 0 Å². The minimum absolute atomic E-state index is 0.0977. The van der Waals surface area contributed by atoms with Gasteiger partial charge in [0.05, 0.1) is 10.7 Å². The summed E-state index contributed by atoms with van der Waals surface area (Å²) >= 11 is 3.28. The summed E-state index contributed by atoms with van der Waals surface area (Å²) in [5.74, 6) is 0.253. The molecule has 0 N–H and O–H groups in total. The Balaban J connectivity index is 2.31. The fourth-order valence-electron chi connectivity index (χ4n) is 1.48. The minimum atomic E-state index is -0.0977. The highest BCUT2D eigenvalue weighted by Crippen LogP contribution is 2.21. The van der Waals surface area contributed by atoms with Crippen LogP contribution in [-0.4, -0.2) is 5.78 Å². The number of aryl methyl sites for hydroxylation is 1. The highest BCUT2D eigenvalue weighted by atomic mass is 79.9. The molecule has 0 aliphatic carbocycles. The smallest absolute Gasteiger partial charge is 0.229 e. The van der Waals surface area contributed by atoms with Gasteiger partial charge in [-0.1, -0.05) is 31.2 Å². The summed E-state index contributed by atoms with van der Waals surface area (Å²) in [5, 5.41) is 0. The molecule has 0 bridgehead atoms. The second kappa shape index (κ2) is 4.66. The molecule has 0 spiro atoms. The lowest BCUT2D eigenvalue weighted by atomic mass is 10.1. The van der Waals surface area contributed by atoms with Crippen molar-refractivity contribution in [2.24, 2.45) is 0 Å². The van der Waals surface area contributed by atoms with Crippen molar-refractivity contribution in [3.8, 4) is 0 Å². The molecule has 0 aliphatic heterocycles. The van der Waals surface area contributed by atoms with Crippen LogP contribution in [0.5, 0.6) is 0 Å². The molecule has 0 saturated heterocycles. The summed E-state index contributed by atoms with van der Waals surface area (Å²) in [4.78, 5) is 12.0. The topological polar surface area (TPSA) is 30.2 Å². The number of rotatable bonds is 3. The van der Waals surface area contributed by atoms with Crippen molar-refractivity contribution >= 4 is 21.7 Å². The van der Waals surface area contributed by atoms with Gasteiger partial charge in [-0.15, -0.1) is 0 Å². The van der Waals surface area contributed by atoms with Crippen molar-refractivity contribution < 1.29 is 9.21 Å². The van der Waals surface area contributed by atoms with E-state index in [0.29, 0.717) is 15.8 Å². The summed E-state index contributed by atoms with van der Waals surface area (Å²) in [7, 11) is 0. The first-order valence-electron chi connectivity index (χ1n) is 5.09. The summed E-state index contributed by atoms with van der Waals surface area (Å²) in [6.07, 6.45) is 2.47. The largest absolute Gasteiger partial charge is 0.460 e. The van der Waals surface area contributed by atoms with E-state index >= 15 is 0 Å². The second-order valence-corrected chi connectivity index (χ2v) is 4.33. The van der Waals surface area contributed by atoms with Crippen LogP contribution in [0.15, 0.2) is 45.5 Å². The van der Waals surface area contributed by atoms with Crippen LogP contribution in [0.3, 0.4) is 0 Å². The zero-order valence-corrected chi connectivity index (χ0v) is 10.5. The molecule has 2 rings (SSSR count). The van der Waals surface area contributed by atoms with E-state index in [1.54, 1.807) is 6.07 Å². The van der Waals surface area contributed by atoms with Crippen molar-refractivity contribution in [2.75, 3.05) is 0 Å². The van der Waals surface area contributed by atoms with Gasteiger partial charge in [0.15, 0.2) is 5.76 Å². The summed E-state index contributed by atoms with van der Waals surface area (Å²) in [5.41, 5.74) is 1.86. The van der Waals surface area contributed by atoms with Crippen LogP contribution in [-0.2, 0) is 6.42 Å². The first-order valence-corrected chi connectivity index (χ1v) is 5.88. The zero-order valence-electron chi connectivity index (χ0n) is 8.87. The number of hydrogen-bond acceptors (Lipinski definition) is 2. The Morgan fingerprint density at radius 1 is 1.25 bits per heavy atom. The SMILES string of the molecule is CCc1ccc(C(=O)c2occc2Br)cc1.